The predicted molar refractivity (Wildman–Crippen MR) is 111 cm³/mol. The van der Waals surface area contributed by atoms with Crippen molar-refractivity contribution >= 4 is 16.1 Å². The van der Waals surface area contributed by atoms with Gasteiger partial charge in [-0.3, -0.25) is 4.18 Å². The fourth-order valence-corrected chi connectivity index (χ4v) is 4.32. The summed E-state index contributed by atoms with van der Waals surface area (Å²) in [6.45, 7) is 0.120. The van der Waals surface area contributed by atoms with E-state index in [1.165, 1.54) is 7.11 Å². The highest BCUT2D eigenvalue weighted by Gasteiger charge is 2.54. The van der Waals surface area contributed by atoms with Crippen LogP contribution in [0, 0.1) is 0 Å². The summed E-state index contributed by atoms with van der Waals surface area (Å²) in [5, 5.41) is 0. The molecule has 2 aromatic rings. The van der Waals surface area contributed by atoms with Crippen molar-refractivity contribution in [3.63, 3.8) is 0 Å². The van der Waals surface area contributed by atoms with Gasteiger partial charge in [0.05, 0.1) is 18.4 Å². The topological polar surface area (TPSA) is 107 Å². The van der Waals surface area contributed by atoms with E-state index in [1.807, 2.05) is 30.3 Å². The van der Waals surface area contributed by atoms with Crippen LogP contribution in [0.5, 0.6) is 0 Å². The third-order valence-corrected chi connectivity index (χ3v) is 5.70. The smallest absolute Gasteiger partial charge is 0.338 e. The Hall–Kier alpha value is -2.34. The van der Waals surface area contributed by atoms with Crippen LogP contribution >= 0.6 is 0 Å². The van der Waals surface area contributed by atoms with Crippen molar-refractivity contribution in [3.8, 4) is 0 Å². The minimum absolute atomic E-state index is 0.120. The molecule has 0 unspecified atom stereocenters. The van der Waals surface area contributed by atoms with Crippen LogP contribution in [0.4, 0.5) is 0 Å². The van der Waals surface area contributed by atoms with Gasteiger partial charge in [0, 0.05) is 12.7 Å². The second-order valence-electron chi connectivity index (χ2n) is 7.46. The Morgan fingerprint density at radius 3 is 2.25 bits per heavy atom. The van der Waals surface area contributed by atoms with Crippen molar-refractivity contribution in [1.82, 2.24) is 0 Å². The normalized spacial score (nSPS) is 30.3. The van der Waals surface area contributed by atoms with Gasteiger partial charge in [-0.2, -0.15) is 8.42 Å². The van der Waals surface area contributed by atoms with Crippen LogP contribution in [0.1, 0.15) is 22.2 Å². The van der Waals surface area contributed by atoms with E-state index >= 15 is 0 Å². The van der Waals surface area contributed by atoms with E-state index in [-0.39, 0.29) is 6.61 Å². The Morgan fingerprint density at radius 1 is 0.969 bits per heavy atom. The van der Waals surface area contributed by atoms with E-state index < -0.39 is 53.1 Å². The summed E-state index contributed by atoms with van der Waals surface area (Å²) in [6, 6.07) is 17.6. The largest absolute Gasteiger partial charge is 0.453 e. The Morgan fingerprint density at radius 2 is 1.62 bits per heavy atom. The second kappa shape index (κ2) is 9.65. The summed E-state index contributed by atoms with van der Waals surface area (Å²) >= 11 is 0. The molecule has 9 nitrogen and oxygen atoms in total. The Balaban J connectivity index is 1.65. The maximum Gasteiger partial charge on any atom is 0.338 e. The van der Waals surface area contributed by atoms with Gasteiger partial charge < -0.3 is 23.7 Å². The Bertz CT molecular complexity index is 1010. The lowest BCUT2D eigenvalue weighted by Gasteiger charge is -2.47. The molecule has 0 aromatic heterocycles. The minimum atomic E-state index is -3.94. The predicted octanol–water partition coefficient (Wildman–Crippen LogP) is 2.04. The molecule has 2 aliphatic rings. The van der Waals surface area contributed by atoms with Gasteiger partial charge in [0.1, 0.15) is 12.2 Å². The van der Waals surface area contributed by atoms with Gasteiger partial charge in [0.25, 0.3) is 10.1 Å². The molecule has 2 saturated heterocycles. The molecule has 32 heavy (non-hydrogen) atoms. The average Bonchev–Trinajstić information content (AvgIpc) is 2.80. The van der Waals surface area contributed by atoms with E-state index in [4.69, 9.17) is 27.9 Å². The molecule has 0 bridgehead atoms. The van der Waals surface area contributed by atoms with Gasteiger partial charge in [-0.15, -0.1) is 0 Å². The highest BCUT2D eigenvalue weighted by Crippen LogP contribution is 2.37. The lowest BCUT2D eigenvalue weighted by Crippen LogP contribution is -2.64. The zero-order valence-electron chi connectivity index (χ0n) is 17.5. The molecule has 2 aliphatic heterocycles. The van der Waals surface area contributed by atoms with Crippen LogP contribution in [0.2, 0.25) is 0 Å². The zero-order valence-corrected chi connectivity index (χ0v) is 18.3. The Labute approximate surface area is 186 Å². The summed E-state index contributed by atoms with van der Waals surface area (Å²) in [5.41, 5.74) is 1.06. The van der Waals surface area contributed by atoms with E-state index in [0.717, 1.165) is 11.8 Å². The summed E-state index contributed by atoms with van der Waals surface area (Å²) in [7, 11) is -2.60. The molecule has 0 spiro atoms. The number of benzene rings is 2. The molecule has 172 valence electrons. The number of rotatable bonds is 6. The second-order valence-corrected chi connectivity index (χ2v) is 9.06. The van der Waals surface area contributed by atoms with Crippen LogP contribution in [0.3, 0.4) is 0 Å². The first-order valence-corrected chi connectivity index (χ1v) is 11.8. The van der Waals surface area contributed by atoms with Crippen molar-refractivity contribution < 1.29 is 41.1 Å². The van der Waals surface area contributed by atoms with Crippen molar-refractivity contribution in [2.45, 2.75) is 37.0 Å². The van der Waals surface area contributed by atoms with Crippen molar-refractivity contribution in [2.75, 3.05) is 20.0 Å². The SMILES string of the molecule is CO[C@@H]1O[C@@H]2CO[C@@H](c3ccccc3)O[C@H]2[C@H](OC(=O)c2ccccc2)[C@H]1OS(C)(=O)=O. The van der Waals surface area contributed by atoms with E-state index in [2.05, 4.69) is 0 Å². The quantitative estimate of drug-likeness (QED) is 0.469. The fraction of sp³-hybridized carbons (Fsp3) is 0.409. The molecule has 0 saturated carbocycles. The van der Waals surface area contributed by atoms with Gasteiger partial charge in [0.2, 0.25) is 0 Å². The summed E-state index contributed by atoms with van der Waals surface area (Å²) in [5.74, 6) is -0.653. The summed E-state index contributed by atoms with van der Waals surface area (Å²) in [6.07, 6.45) is -4.93. The standard InChI is InChI=1S/C22H24O9S/c1-26-22-19(31-32(2,24)25)18(29-20(23)14-9-5-3-6-10-14)17-16(28-22)13-27-21(30-17)15-11-7-4-8-12-15/h3-12,16-19,21-22H,13H2,1-2H3/t16-,17-,18+,19-,21-,22-/m1/s1. The zero-order chi connectivity index (χ0) is 22.7. The highest BCUT2D eigenvalue weighted by atomic mass is 32.2. The number of hydrogen-bond donors (Lipinski definition) is 0. The molecule has 0 N–H and O–H groups in total. The maximum absolute atomic E-state index is 12.8. The first kappa shape index (κ1) is 22.8. The average molecular weight is 464 g/mol. The molecular formula is C22H24O9S. The number of fused-ring (bicyclic) bond motifs is 1. The van der Waals surface area contributed by atoms with Gasteiger partial charge in [-0.1, -0.05) is 48.5 Å². The Kier molecular flexibility index (Phi) is 6.89. The maximum atomic E-state index is 12.8. The first-order chi connectivity index (χ1) is 15.4. The van der Waals surface area contributed by atoms with Gasteiger partial charge in [-0.25, -0.2) is 4.79 Å². The molecule has 2 fully saturated rings. The summed E-state index contributed by atoms with van der Waals surface area (Å²) < 4.78 is 58.0. The van der Waals surface area contributed by atoms with Gasteiger partial charge in [0.15, 0.2) is 24.8 Å². The molecule has 10 heteroatoms. The number of methoxy groups -OCH3 is 1. The van der Waals surface area contributed by atoms with Crippen LogP contribution in [0.25, 0.3) is 0 Å². The van der Waals surface area contributed by atoms with E-state index in [1.54, 1.807) is 30.3 Å². The molecule has 6 atom stereocenters. The number of hydrogen-bond acceptors (Lipinski definition) is 9. The lowest BCUT2D eigenvalue weighted by atomic mass is 9.97. The molecule has 4 rings (SSSR count). The third-order valence-electron chi connectivity index (χ3n) is 5.13. The van der Waals surface area contributed by atoms with Crippen LogP contribution in [-0.4, -0.2) is 65.1 Å². The van der Waals surface area contributed by atoms with Crippen LogP contribution < -0.4 is 0 Å². The van der Waals surface area contributed by atoms with Crippen molar-refractivity contribution in [3.05, 3.63) is 71.8 Å². The monoisotopic (exact) mass is 464 g/mol. The molecule has 2 heterocycles. The van der Waals surface area contributed by atoms with Crippen molar-refractivity contribution in [1.29, 1.82) is 0 Å². The van der Waals surface area contributed by atoms with E-state index in [0.29, 0.717) is 5.56 Å². The molecule has 0 radical (unpaired) electrons. The third kappa shape index (κ3) is 5.17. The van der Waals surface area contributed by atoms with Gasteiger partial charge >= 0.3 is 5.97 Å². The number of ether oxygens (including phenoxy) is 5. The molecule has 0 aliphatic carbocycles. The van der Waals surface area contributed by atoms with Gasteiger partial charge in [-0.05, 0) is 12.1 Å². The fourth-order valence-electron chi connectivity index (χ4n) is 3.72. The molecule has 2 aromatic carbocycles. The number of carbonyl (C=O) groups excluding carboxylic acids is 1. The number of esters is 1. The minimum Gasteiger partial charge on any atom is -0.453 e. The molecular weight excluding hydrogens is 440 g/mol. The summed E-state index contributed by atoms with van der Waals surface area (Å²) in [4.78, 5) is 12.8. The van der Waals surface area contributed by atoms with Crippen molar-refractivity contribution in [2.24, 2.45) is 0 Å². The molecule has 0 amide bonds. The number of carbonyl (C=O) groups is 1. The lowest BCUT2D eigenvalue weighted by molar-refractivity contribution is -0.353. The first-order valence-electron chi connectivity index (χ1n) is 10.0. The van der Waals surface area contributed by atoms with Crippen LogP contribution in [-0.2, 0) is 38.0 Å². The van der Waals surface area contributed by atoms with E-state index in [9.17, 15) is 13.2 Å². The highest BCUT2D eigenvalue weighted by molar-refractivity contribution is 7.86. The van der Waals surface area contributed by atoms with Crippen LogP contribution in [0.15, 0.2) is 60.7 Å².